The van der Waals surface area contributed by atoms with Gasteiger partial charge in [-0.2, -0.15) is 0 Å². The Bertz CT molecular complexity index is 298. The number of nitrogens with zero attached hydrogens (tertiary/aromatic N) is 1. The molecular formula is C7H4BrNO2. The third-order valence-electron chi connectivity index (χ3n) is 1.10. The van der Waals surface area contributed by atoms with E-state index in [1.807, 2.05) is 0 Å². The van der Waals surface area contributed by atoms with E-state index in [9.17, 15) is 9.59 Å². The highest BCUT2D eigenvalue weighted by Gasteiger charge is 2.03. The molecule has 11 heavy (non-hydrogen) atoms. The van der Waals surface area contributed by atoms with Crippen LogP contribution in [0.1, 0.15) is 10.4 Å². The highest BCUT2D eigenvalue weighted by molar-refractivity contribution is 9.10. The van der Waals surface area contributed by atoms with E-state index in [4.69, 9.17) is 0 Å². The average molecular weight is 214 g/mol. The summed E-state index contributed by atoms with van der Waals surface area (Å²) in [7, 11) is 0. The van der Waals surface area contributed by atoms with E-state index in [2.05, 4.69) is 20.9 Å². The Morgan fingerprint density at radius 2 is 2.27 bits per heavy atom. The van der Waals surface area contributed by atoms with Crippen LogP contribution in [0.2, 0.25) is 0 Å². The first-order valence-corrected chi connectivity index (χ1v) is 3.63. The van der Waals surface area contributed by atoms with Crippen LogP contribution in [-0.4, -0.2) is 17.1 Å². The molecular weight excluding hydrogens is 210 g/mol. The maximum absolute atomic E-state index is 10.7. The quantitative estimate of drug-likeness (QED) is 0.422. The molecule has 0 aliphatic heterocycles. The van der Waals surface area contributed by atoms with Gasteiger partial charge in [-0.15, -0.1) is 0 Å². The first-order valence-electron chi connectivity index (χ1n) is 2.84. The zero-order valence-corrected chi connectivity index (χ0v) is 7.04. The van der Waals surface area contributed by atoms with E-state index in [0.29, 0.717) is 10.0 Å². The van der Waals surface area contributed by atoms with Gasteiger partial charge in [0.2, 0.25) is 5.78 Å². The molecule has 0 saturated carbocycles. The van der Waals surface area contributed by atoms with Gasteiger partial charge in [-0.05, 0) is 22.0 Å². The lowest BCUT2D eigenvalue weighted by molar-refractivity contribution is -0.104. The number of aromatic nitrogens is 1. The molecule has 0 aromatic carbocycles. The average Bonchev–Trinajstić information content (AvgIpc) is 2.03. The number of hydrogen-bond donors (Lipinski definition) is 0. The van der Waals surface area contributed by atoms with Crippen molar-refractivity contribution in [1.29, 1.82) is 0 Å². The molecule has 1 rings (SSSR count). The van der Waals surface area contributed by atoms with Crippen LogP contribution in [-0.2, 0) is 4.79 Å². The number of halogens is 1. The molecule has 0 bridgehead atoms. The van der Waals surface area contributed by atoms with Crippen molar-refractivity contribution in [3.63, 3.8) is 0 Å². The molecule has 56 valence electrons. The lowest BCUT2D eigenvalue weighted by Gasteiger charge is -1.92. The molecule has 0 unspecified atom stereocenters. The van der Waals surface area contributed by atoms with Gasteiger partial charge in [0.25, 0.3) is 0 Å². The minimum atomic E-state index is -0.557. The Morgan fingerprint density at radius 1 is 1.55 bits per heavy atom. The van der Waals surface area contributed by atoms with Crippen LogP contribution in [0.4, 0.5) is 0 Å². The first kappa shape index (κ1) is 8.07. The minimum Gasteiger partial charge on any atom is -0.294 e. The van der Waals surface area contributed by atoms with Crippen LogP contribution in [0, 0.1) is 0 Å². The fourth-order valence-corrected chi connectivity index (χ4v) is 0.979. The molecule has 4 heteroatoms. The van der Waals surface area contributed by atoms with E-state index in [-0.39, 0.29) is 6.29 Å². The van der Waals surface area contributed by atoms with Gasteiger partial charge in [-0.25, -0.2) is 0 Å². The summed E-state index contributed by atoms with van der Waals surface area (Å²) < 4.78 is 0.685. The predicted molar refractivity (Wildman–Crippen MR) is 42.3 cm³/mol. The van der Waals surface area contributed by atoms with Crippen LogP contribution in [0.3, 0.4) is 0 Å². The van der Waals surface area contributed by atoms with E-state index >= 15 is 0 Å². The SMILES string of the molecule is O=CC(=O)c1cncc(Br)c1. The number of hydrogen-bond acceptors (Lipinski definition) is 3. The fraction of sp³-hybridized carbons (Fsp3) is 0. The summed E-state index contributed by atoms with van der Waals surface area (Å²) in [6, 6.07) is 1.55. The number of aldehydes is 1. The van der Waals surface area contributed by atoms with E-state index < -0.39 is 5.78 Å². The Balaban J connectivity index is 3.05. The molecule has 1 heterocycles. The van der Waals surface area contributed by atoms with Gasteiger partial charge >= 0.3 is 0 Å². The van der Waals surface area contributed by atoms with Crippen molar-refractivity contribution < 1.29 is 9.59 Å². The molecule has 0 N–H and O–H groups in total. The van der Waals surface area contributed by atoms with Crippen LogP contribution in [0.15, 0.2) is 22.9 Å². The van der Waals surface area contributed by atoms with Gasteiger partial charge in [0.05, 0.1) is 0 Å². The molecule has 0 spiro atoms. The van der Waals surface area contributed by atoms with Crippen molar-refractivity contribution in [2.75, 3.05) is 0 Å². The molecule has 0 radical (unpaired) electrons. The largest absolute Gasteiger partial charge is 0.294 e. The lowest BCUT2D eigenvalue weighted by Crippen LogP contribution is -1.99. The van der Waals surface area contributed by atoms with Crippen LogP contribution in [0.5, 0.6) is 0 Å². The summed E-state index contributed by atoms with van der Waals surface area (Å²) in [5, 5.41) is 0. The van der Waals surface area contributed by atoms with Gasteiger partial charge in [0.1, 0.15) is 0 Å². The second-order valence-electron chi connectivity index (χ2n) is 1.87. The van der Waals surface area contributed by atoms with Gasteiger partial charge in [0, 0.05) is 22.4 Å². The van der Waals surface area contributed by atoms with Crippen molar-refractivity contribution in [3.8, 4) is 0 Å². The van der Waals surface area contributed by atoms with Crippen molar-refractivity contribution in [1.82, 2.24) is 4.98 Å². The summed E-state index contributed by atoms with van der Waals surface area (Å²) in [6.07, 6.45) is 3.16. The van der Waals surface area contributed by atoms with E-state index in [0.717, 1.165) is 0 Å². The second kappa shape index (κ2) is 3.39. The predicted octanol–water partition coefficient (Wildman–Crippen LogP) is 1.23. The number of carbonyl (C=O) groups is 2. The number of rotatable bonds is 2. The summed E-state index contributed by atoms with van der Waals surface area (Å²) in [6.45, 7) is 0. The van der Waals surface area contributed by atoms with Crippen molar-refractivity contribution >= 4 is 28.0 Å². The molecule has 0 saturated heterocycles. The summed E-state index contributed by atoms with van der Waals surface area (Å²) in [5.74, 6) is -0.557. The number of ketones is 1. The van der Waals surface area contributed by atoms with Crippen molar-refractivity contribution in [2.24, 2.45) is 0 Å². The van der Waals surface area contributed by atoms with E-state index in [1.165, 1.54) is 6.20 Å². The number of Topliss-reactive ketones (excluding diaryl/α,β-unsaturated/α-hetero) is 1. The third-order valence-corrected chi connectivity index (χ3v) is 1.53. The van der Waals surface area contributed by atoms with Gasteiger partial charge in [0.15, 0.2) is 6.29 Å². The Morgan fingerprint density at radius 3 is 2.82 bits per heavy atom. The number of pyridine rings is 1. The lowest BCUT2D eigenvalue weighted by atomic mass is 10.2. The normalized spacial score (nSPS) is 9.18. The summed E-state index contributed by atoms with van der Waals surface area (Å²) in [5.41, 5.74) is 0.300. The molecule has 0 aliphatic carbocycles. The standard InChI is InChI=1S/C7H4BrNO2/c8-6-1-5(2-9-3-6)7(11)4-10/h1-4H. The van der Waals surface area contributed by atoms with Crippen LogP contribution < -0.4 is 0 Å². The Kier molecular flexibility index (Phi) is 2.48. The molecule has 1 aromatic heterocycles. The fourth-order valence-electron chi connectivity index (χ4n) is 0.615. The molecule has 1 aromatic rings. The smallest absolute Gasteiger partial charge is 0.226 e. The zero-order valence-electron chi connectivity index (χ0n) is 5.45. The monoisotopic (exact) mass is 213 g/mol. The topological polar surface area (TPSA) is 47.0 Å². The summed E-state index contributed by atoms with van der Waals surface area (Å²) in [4.78, 5) is 24.5. The van der Waals surface area contributed by atoms with Crippen LogP contribution in [0.25, 0.3) is 0 Å². The highest BCUT2D eigenvalue weighted by Crippen LogP contribution is 2.08. The molecule has 0 atom stereocenters. The van der Waals surface area contributed by atoms with Crippen molar-refractivity contribution in [3.05, 3.63) is 28.5 Å². The molecule has 3 nitrogen and oxygen atoms in total. The van der Waals surface area contributed by atoms with Crippen molar-refractivity contribution in [2.45, 2.75) is 0 Å². The van der Waals surface area contributed by atoms with Gasteiger partial charge < -0.3 is 0 Å². The Hall–Kier alpha value is -1.03. The second-order valence-corrected chi connectivity index (χ2v) is 2.79. The zero-order chi connectivity index (χ0) is 8.27. The molecule has 0 aliphatic rings. The number of carbonyl (C=O) groups excluding carboxylic acids is 2. The van der Waals surface area contributed by atoms with Gasteiger partial charge in [-0.1, -0.05) is 0 Å². The van der Waals surface area contributed by atoms with Crippen LogP contribution >= 0.6 is 15.9 Å². The maximum Gasteiger partial charge on any atom is 0.226 e. The minimum absolute atomic E-state index is 0.267. The first-order chi connectivity index (χ1) is 5.24. The van der Waals surface area contributed by atoms with E-state index in [1.54, 1.807) is 12.3 Å². The Labute approximate surface area is 71.6 Å². The third kappa shape index (κ3) is 1.94. The molecule has 0 amide bonds. The highest BCUT2D eigenvalue weighted by atomic mass is 79.9. The maximum atomic E-state index is 10.7. The summed E-state index contributed by atoms with van der Waals surface area (Å²) >= 11 is 3.13. The van der Waals surface area contributed by atoms with Gasteiger partial charge in [-0.3, -0.25) is 14.6 Å². The molecule has 0 fully saturated rings.